The molecule has 0 aliphatic heterocycles. The fourth-order valence-electron chi connectivity index (χ4n) is 1.05. The topological polar surface area (TPSA) is 52.3 Å². The smallest absolute Gasteiger partial charge is 0.181 e. The summed E-state index contributed by atoms with van der Waals surface area (Å²) in [6, 6.07) is 5.31. The van der Waals surface area contributed by atoms with E-state index in [-0.39, 0.29) is 12.3 Å². The quantitative estimate of drug-likeness (QED) is 0.821. The minimum atomic E-state index is -0.135. The minimum absolute atomic E-state index is 0.0149. The van der Waals surface area contributed by atoms with E-state index >= 15 is 0 Å². The highest BCUT2D eigenvalue weighted by atomic mass is 79.9. The first-order valence-corrected chi connectivity index (χ1v) is 4.55. The molecular weight excluding hydrogens is 234 g/mol. The van der Waals surface area contributed by atoms with E-state index in [1.54, 1.807) is 18.2 Å². The van der Waals surface area contributed by atoms with Crippen LogP contribution in [0.2, 0.25) is 0 Å². The van der Waals surface area contributed by atoms with Crippen LogP contribution in [0.4, 0.5) is 0 Å². The zero-order chi connectivity index (χ0) is 9.84. The van der Waals surface area contributed by atoms with Crippen LogP contribution >= 0.6 is 15.9 Å². The van der Waals surface area contributed by atoms with Gasteiger partial charge in [0.2, 0.25) is 0 Å². The molecule has 0 aliphatic carbocycles. The Kier molecular flexibility index (Phi) is 3.45. The van der Waals surface area contributed by atoms with Crippen molar-refractivity contribution in [3.63, 3.8) is 0 Å². The van der Waals surface area contributed by atoms with Crippen LogP contribution in [0.1, 0.15) is 10.4 Å². The maximum Gasteiger partial charge on any atom is 0.181 e. The van der Waals surface area contributed by atoms with Crippen molar-refractivity contribution in [3.05, 3.63) is 28.2 Å². The van der Waals surface area contributed by atoms with E-state index in [2.05, 4.69) is 15.9 Å². The Morgan fingerprint density at radius 3 is 2.85 bits per heavy atom. The molecule has 1 rings (SSSR count). The Hall–Kier alpha value is -0.870. The van der Waals surface area contributed by atoms with Crippen molar-refractivity contribution in [3.8, 4) is 5.75 Å². The number of methoxy groups -OCH3 is 1. The van der Waals surface area contributed by atoms with Crippen LogP contribution in [0.25, 0.3) is 0 Å². The van der Waals surface area contributed by atoms with Gasteiger partial charge in [-0.05, 0) is 28.1 Å². The third-order valence-corrected chi connectivity index (χ3v) is 2.32. The van der Waals surface area contributed by atoms with Gasteiger partial charge in [-0.1, -0.05) is 6.07 Å². The van der Waals surface area contributed by atoms with Crippen molar-refractivity contribution >= 4 is 21.7 Å². The SMILES string of the molecule is COc1cccc(Br)c1C(=O)CN. The van der Waals surface area contributed by atoms with Crippen LogP contribution in [-0.4, -0.2) is 19.4 Å². The number of rotatable bonds is 3. The second kappa shape index (κ2) is 4.39. The van der Waals surface area contributed by atoms with Gasteiger partial charge >= 0.3 is 0 Å². The number of Topliss-reactive ketones (excluding diaryl/α,β-unsaturated/α-hetero) is 1. The highest BCUT2D eigenvalue weighted by Crippen LogP contribution is 2.26. The number of ketones is 1. The van der Waals surface area contributed by atoms with Crippen LogP contribution in [0, 0.1) is 0 Å². The zero-order valence-corrected chi connectivity index (χ0v) is 8.80. The Morgan fingerprint density at radius 1 is 1.62 bits per heavy atom. The summed E-state index contributed by atoms with van der Waals surface area (Å²) in [5.41, 5.74) is 5.78. The number of carbonyl (C=O) groups is 1. The molecule has 1 aromatic rings. The molecule has 0 radical (unpaired) electrons. The van der Waals surface area contributed by atoms with Crippen molar-refractivity contribution < 1.29 is 9.53 Å². The number of nitrogens with two attached hydrogens (primary N) is 1. The molecular formula is C9H10BrNO2. The monoisotopic (exact) mass is 243 g/mol. The lowest BCUT2D eigenvalue weighted by molar-refractivity contribution is 0.0997. The molecule has 4 heteroatoms. The predicted molar refractivity (Wildman–Crippen MR) is 54.1 cm³/mol. The van der Waals surface area contributed by atoms with E-state index in [0.29, 0.717) is 15.8 Å². The van der Waals surface area contributed by atoms with Crippen LogP contribution in [0.5, 0.6) is 5.75 Å². The zero-order valence-electron chi connectivity index (χ0n) is 7.21. The largest absolute Gasteiger partial charge is 0.496 e. The highest BCUT2D eigenvalue weighted by Gasteiger charge is 2.13. The van der Waals surface area contributed by atoms with Crippen LogP contribution < -0.4 is 10.5 Å². The average Bonchev–Trinajstić information content (AvgIpc) is 2.16. The summed E-state index contributed by atoms with van der Waals surface area (Å²) >= 11 is 3.27. The number of ether oxygens (including phenoxy) is 1. The van der Waals surface area contributed by atoms with Gasteiger partial charge in [0.15, 0.2) is 5.78 Å². The second-order valence-electron chi connectivity index (χ2n) is 2.44. The summed E-state index contributed by atoms with van der Waals surface area (Å²) in [4.78, 5) is 11.4. The van der Waals surface area contributed by atoms with E-state index in [4.69, 9.17) is 10.5 Å². The first-order valence-electron chi connectivity index (χ1n) is 3.76. The van der Waals surface area contributed by atoms with Crippen molar-refractivity contribution in [2.24, 2.45) is 5.73 Å². The van der Waals surface area contributed by atoms with E-state index in [1.807, 2.05) is 0 Å². The van der Waals surface area contributed by atoms with Gasteiger partial charge in [-0.3, -0.25) is 4.79 Å². The molecule has 0 unspecified atom stereocenters. The third kappa shape index (κ3) is 2.08. The molecule has 1 aromatic carbocycles. The lowest BCUT2D eigenvalue weighted by Gasteiger charge is -2.07. The van der Waals surface area contributed by atoms with Crippen LogP contribution in [0.3, 0.4) is 0 Å². The Labute approximate surface area is 85.0 Å². The first-order chi connectivity index (χ1) is 6.20. The van der Waals surface area contributed by atoms with E-state index in [9.17, 15) is 4.79 Å². The molecule has 0 amide bonds. The molecule has 2 N–H and O–H groups in total. The van der Waals surface area contributed by atoms with E-state index in [1.165, 1.54) is 7.11 Å². The van der Waals surface area contributed by atoms with Crippen molar-refractivity contribution in [2.45, 2.75) is 0 Å². The molecule has 0 aliphatic rings. The maximum absolute atomic E-state index is 11.4. The van der Waals surface area contributed by atoms with E-state index < -0.39 is 0 Å². The molecule has 0 spiro atoms. The lowest BCUT2D eigenvalue weighted by Crippen LogP contribution is -2.15. The van der Waals surface area contributed by atoms with Crippen molar-refractivity contribution in [2.75, 3.05) is 13.7 Å². The maximum atomic E-state index is 11.4. The van der Waals surface area contributed by atoms with Gasteiger partial charge in [0.05, 0.1) is 19.2 Å². The molecule has 0 aromatic heterocycles. The Morgan fingerprint density at radius 2 is 2.31 bits per heavy atom. The van der Waals surface area contributed by atoms with Gasteiger partial charge in [-0.15, -0.1) is 0 Å². The standard InChI is InChI=1S/C9H10BrNO2/c1-13-8-4-2-3-6(10)9(8)7(12)5-11/h2-4H,5,11H2,1H3. The van der Waals surface area contributed by atoms with E-state index in [0.717, 1.165) is 0 Å². The van der Waals surface area contributed by atoms with Crippen molar-refractivity contribution in [1.29, 1.82) is 0 Å². The van der Waals surface area contributed by atoms with Gasteiger partial charge in [0, 0.05) is 4.47 Å². The summed E-state index contributed by atoms with van der Waals surface area (Å²) in [6.07, 6.45) is 0. The molecule has 0 saturated heterocycles. The van der Waals surface area contributed by atoms with Gasteiger partial charge in [-0.2, -0.15) is 0 Å². The van der Waals surface area contributed by atoms with Gasteiger partial charge in [-0.25, -0.2) is 0 Å². The molecule has 0 saturated carbocycles. The number of halogens is 1. The van der Waals surface area contributed by atoms with Crippen LogP contribution in [-0.2, 0) is 0 Å². The van der Waals surface area contributed by atoms with Gasteiger partial charge < -0.3 is 10.5 Å². The van der Waals surface area contributed by atoms with Crippen LogP contribution in [0.15, 0.2) is 22.7 Å². The lowest BCUT2D eigenvalue weighted by atomic mass is 10.1. The molecule has 13 heavy (non-hydrogen) atoms. The normalized spacial score (nSPS) is 9.77. The third-order valence-electron chi connectivity index (χ3n) is 1.66. The minimum Gasteiger partial charge on any atom is -0.496 e. The second-order valence-corrected chi connectivity index (χ2v) is 3.30. The predicted octanol–water partition coefficient (Wildman–Crippen LogP) is 1.60. The highest BCUT2D eigenvalue weighted by molar-refractivity contribution is 9.10. The molecule has 0 bridgehead atoms. The van der Waals surface area contributed by atoms with Crippen molar-refractivity contribution in [1.82, 2.24) is 0 Å². The number of carbonyl (C=O) groups excluding carboxylic acids is 1. The molecule has 0 fully saturated rings. The number of benzene rings is 1. The Balaban J connectivity index is 3.22. The van der Waals surface area contributed by atoms with Gasteiger partial charge in [0.1, 0.15) is 5.75 Å². The van der Waals surface area contributed by atoms with Gasteiger partial charge in [0.25, 0.3) is 0 Å². The summed E-state index contributed by atoms with van der Waals surface area (Å²) in [6.45, 7) is -0.0149. The summed E-state index contributed by atoms with van der Waals surface area (Å²) < 4.78 is 5.75. The molecule has 3 nitrogen and oxygen atoms in total. The average molecular weight is 244 g/mol. The number of hydrogen-bond acceptors (Lipinski definition) is 3. The summed E-state index contributed by atoms with van der Waals surface area (Å²) in [5.74, 6) is 0.411. The molecule has 0 atom stereocenters. The summed E-state index contributed by atoms with van der Waals surface area (Å²) in [5, 5.41) is 0. The fraction of sp³-hybridized carbons (Fsp3) is 0.222. The Bertz CT molecular complexity index is 325. The fourth-order valence-corrected chi connectivity index (χ4v) is 1.62. The molecule has 0 heterocycles. The first kappa shape index (κ1) is 10.2. The number of hydrogen-bond donors (Lipinski definition) is 1. The molecule has 70 valence electrons. The summed E-state index contributed by atoms with van der Waals surface area (Å²) in [7, 11) is 1.52.